The molecule has 114 valence electrons. The molecule has 0 atom stereocenters. The summed E-state index contributed by atoms with van der Waals surface area (Å²) in [6, 6.07) is 7.60. The molecule has 1 aromatic heterocycles. The average molecular weight is 302 g/mol. The highest BCUT2D eigenvalue weighted by atomic mass is 16.6. The van der Waals surface area contributed by atoms with Crippen molar-refractivity contribution >= 4 is 23.1 Å². The number of hydrogen-bond donors (Lipinski definition) is 2. The minimum Gasteiger partial charge on any atom is -0.457 e. The Kier molecular flexibility index (Phi) is 4.52. The monoisotopic (exact) mass is 302 g/mol. The molecule has 8 heteroatoms. The molecule has 0 spiro atoms. The summed E-state index contributed by atoms with van der Waals surface area (Å²) in [5.74, 6) is 0.806. The minimum atomic E-state index is -0.492. The molecule has 8 nitrogen and oxygen atoms in total. The summed E-state index contributed by atoms with van der Waals surface area (Å²) in [5.41, 5.74) is 0.308. The van der Waals surface area contributed by atoms with Gasteiger partial charge < -0.3 is 15.4 Å². The van der Waals surface area contributed by atoms with Crippen LogP contribution in [0.25, 0.3) is 0 Å². The molecule has 0 radical (unpaired) electrons. The third kappa shape index (κ3) is 3.69. The van der Waals surface area contributed by atoms with Crippen LogP contribution in [-0.4, -0.2) is 22.9 Å². The van der Waals surface area contributed by atoms with Crippen molar-refractivity contribution in [1.29, 1.82) is 0 Å². The maximum atomic E-state index is 11.0. The van der Waals surface area contributed by atoms with Gasteiger partial charge in [-0.2, -0.15) is 0 Å². The van der Waals surface area contributed by atoms with Crippen molar-refractivity contribution in [1.82, 2.24) is 4.98 Å². The van der Waals surface area contributed by atoms with E-state index in [9.17, 15) is 14.9 Å². The number of hydrogen-bond acceptors (Lipinski definition) is 6. The number of amides is 1. The van der Waals surface area contributed by atoms with E-state index in [0.29, 0.717) is 23.0 Å². The molecule has 0 fully saturated rings. The first-order valence-corrected chi connectivity index (χ1v) is 6.37. The number of nitro benzene ring substituents is 1. The van der Waals surface area contributed by atoms with Gasteiger partial charge in [0.25, 0.3) is 5.69 Å². The van der Waals surface area contributed by atoms with Gasteiger partial charge in [0.1, 0.15) is 23.0 Å². The third-order valence-corrected chi connectivity index (χ3v) is 2.71. The zero-order valence-corrected chi connectivity index (χ0v) is 12.0. The maximum absolute atomic E-state index is 11.0. The van der Waals surface area contributed by atoms with Gasteiger partial charge in [0.15, 0.2) is 0 Å². The number of benzene rings is 1. The number of rotatable bonds is 5. The van der Waals surface area contributed by atoms with Gasteiger partial charge in [0.2, 0.25) is 5.91 Å². The quantitative estimate of drug-likeness (QED) is 0.649. The van der Waals surface area contributed by atoms with Crippen LogP contribution in [0.4, 0.5) is 17.2 Å². The molecule has 0 aliphatic rings. The number of carbonyl (C=O) groups excluding carboxylic acids is 1. The second kappa shape index (κ2) is 6.53. The van der Waals surface area contributed by atoms with E-state index in [2.05, 4.69) is 15.6 Å². The summed E-state index contributed by atoms with van der Waals surface area (Å²) >= 11 is 0. The smallest absolute Gasteiger partial charge is 0.296 e. The fourth-order valence-electron chi connectivity index (χ4n) is 1.80. The Morgan fingerprint density at radius 3 is 2.64 bits per heavy atom. The normalized spacial score (nSPS) is 9.91. The molecule has 1 amide bonds. The molecule has 0 aliphatic carbocycles. The summed E-state index contributed by atoms with van der Waals surface area (Å²) in [4.78, 5) is 25.5. The van der Waals surface area contributed by atoms with Crippen molar-refractivity contribution in [3.8, 4) is 11.5 Å². The highest BCUT2D eigenvalue weighted by Crippen LogP contribution is 2.31. The van der Waals surface area contributed by atoms with E-state index in [-0.39, 0.29) is 11.6 Å². The number of nitro groups is 1. The molecular weight excluding hydrogens is 288 g/mol. The first-order valence-electron chi connectivity index (χ1n) is 6.37. The predicted molar refractivity (Wildman–Crippen MR) is 81.3 cm³/mol. The highest BCUT2D eigenvalue weighted by molar-refractivity contribution is 5.87. The SMILES string of the molecule is CNc1ccc(Oc2ccnc(NC(C)=O)c2)cc1[N+](=O)[O-]. The van der Waals surface area contributed by atoms with Gasteiger partial charge in [-0.05, 0) is 18.2 Å². The second-order valence-electron chi connectivity index (χ2n) is 4.35. The number of carbonyl (C=O) groups is 1. The van der Waals surface area contributed by atoms with Gasteiger partial charge >= 0.3 is 0 Å². The number of anilines is 2. The lowest BCUT2D eigenvalue weighted by atomic mass is 10.2. The number of ether oxygens (including phenoxy) is 1. The van der Waals surface area contributed by atoms with Crippen LogP contribution >= 0.6 is 0 Å². The van der Waals surface area contributed by atoms with Crippen molar-refractivity contribution in [3.05, 3.63) is 46.6 Å². The zero-order chi connectivity index (χ0) is 16.1. The lowest BCUT2D eigenvalue weighted by Gasteiger charge is -2.09. The average Bonchev–Trinajstić information content (AvgIpc) is 2.46. The van der Waals surface area contributed by atoms with Crippen molar-refractivity contribution in [2.24, 2.45) is 0 Å². The van der Waals surface area contributed by atoms with Crippen LogP contribution in [0.15, 0.2) is 36.5 Å². The number of aromatic nitrogens is 1. The molecule has 2 rings (SSSR count). The largest absolute Gasteiger partial charge is 0.457 e. The van der Waals surface area contributed by atoms with E-state index >= 15 is 0 Å². The van der Waals surface area contributed by atoms with Crippen molar-refractivity contribution in [3.63, 3.8) is 0 Å². The highest BCUT2D eigenvalue weighted by Gasteiger charge is 2.14. The first kappa shape index (κ1) is 15.2. The molecule has 0 saturated heterocycles. The lowest BCUT2D eigenvalue weighted by molar-refractivity contribution is -0.384. The van der Waals surface area contributed by atoms with E-state index < -0.39 is 4.92 Å². The van der Waals surface area contributed by atoms with Crippen LogP contribution in [0.5, 0.6) is 11.5 Å². The molecule has 0 bridgehead atoms. The Morgan fingerprint density at radius 2 is 2.00 bits per heavy atom. The van der Waals surface area contributed by atoms with E-state index in [1.165, 1.54) is 25.3 Å². The summed E-state index contributed by atoms with van der Waals surface area (Å²) in [7, 11) is 1.60. The summed E-state index contributed by atoms with van der Waals surface area (Å²) in [6.45, 7) is 1.37. The number of nitrogens with zero attached hydrogens (tertiary/aromatic N) is 2. The van der Waals surface area contributed by atoms with Crippen LogP contribution in [0.1, 0.15) is 6.92 Å². The van der Waals surface area contributed by atoms with Gasteiger partial charge in [-0.1, -0.05) is 0 Å². The Labute approximate surface area is 126 Å². The number of pyridine rings is 1. The standard InChI is InChI=1S/C14H14N4O4/c1-9(19)17-14-8-11(5-6-16-14)22-10-3-4-12(15-2)13(7-10)18(20)21/h3-8,15H,1-2H3,(H,16,17,19). The predicted octanol–water partition coefficient (Wildman–Crippen LogP) is 2.78. The fourth-order valence-corrected chi connectivity index (χ4v) is 1.80. The van der Waals surface area contributed by atoms with Gasteiger partial charge in [-0.3, -0.25) is 14.9 Å². The van der Waals surface area contributed by atoms with E-state index in [4.69, 9.17) is 4.74 Å². The van der Waals surface area contributed by atoms with E-state index in [1.807, 2.05) is 0 Å². The molecule has 0 aliphatic heterocycles. The van der Waals surface area contributed by atoms with Crippen molar-refractivity contribution in [2.75, 3.05) is 17.7 Å². The van der Waals surface area contributed by atoms with Gasteiger partial charge in [0.05, 0.1) is 11.0 Å². The van der Waals surface area contributed by atoms with Gasteiger partial charge in [-0.15, -0.1) is 0 Å². The molecule has 2 aromatic rings. The molecule has 1 aromatic carbocycles. The van der Waals surface area contributed by atoms with Gasteiger partial charge in [0, 0.05) is 26.2 Å². The molecular formula is C14H14N4O4. The van der Waals surface area contributed by atoms with E-state index in [1.54, 1.807) is 25.2 Å². The number of nitrogens with one attached hydrogen (secondary N) is 2. The molecule has 22 heavy (non-hydrogen) atoms. The Balaban J connectivity index is 2.25. The van der Waals surface area contributed by atoms with Gasteiger partial charge in [-0.25, -0.2) is 4.98 Å². The summed E-state index contributed by atoms with van der Waals surface area (Å²) < 4.78 is 5.57. The zero-order valence-electron chi connectivity index (χ0n) is 12.0. The maximum Gasteiger partial charge on any atom is 0.296 e. The van der Waals surface area contributed by atoms with Crippen molar-refractivity contribution in [2.45, 2.75) is 6.92 Å². The molecule has 1 heterocycles. The Hall–Kier alpha value is -3.16. The Morgan fingerprint density at radius 1 is 1.27 bits per heavy atom. The van der Waals surface area contributed by atoms with Crippen LogP contribution < -0.4 is 15.4 Å². The molecule has 0 unspecified atom stereocenters. The van der Waals surface area contributed by atoms with Crippen LogP contribution in [0.3, 0.4) is 0 Å². The molecule has 2 N–H and O–H groups in total. The molecule has 0 saturated carbocycles. The summed E-state index contributed by atoms with van der Waals surface area (Å²) in [6.07, 6.45) is 1.47. The third-order valence-electron chi connectivity index (χ3n) is 2.71. The van der Waals surface area contributed by atoms with Crippen molar-refractivity contribution < 1.29 is 14.5 Å². The minimum absolute atomic E-state index is 0.0869. The van der Waals surface area contributed by atoms with Crippen LogP contribution in [-0.2, 0) is 4.79 Å². The second-order valence-corrected chi connectivity index (χ2v) is 4.35. The summed E-state index contributed by atoms with van der Waals surface area (Å²) in [5, 5.41) is 16.3. The van der Waals surface area contributed by atoms with Crippen LogP contribution in [0.2, 0.25) is 0 Å². The van der Waals surface area contributed by atoms with Crippen LogP contribution in [0, 0.1) is 10.1 Å². The van der Waals surface area contributed by atoms with E-state index in [0.717, 1.165) is 0 Å². The first-order chi connectivity index (χ1) is 10.5. The fraction of sp³-hybridized carbons (Fsp3) is 0.143. The Bertz CT molecular complexity index is 718. The lowest BCUT2D eigenvalue weighted by Crippen LogP contribution is -2.07. The topological polar surface area (TPSA) is 106 Å².